The summed E-state index contributed by atoms with van der Waals surface area (Å²) in [5.74, 6) is -0.552. The molecule has 0 saturated heterocycles. The Morgan fingerprint density at radius 2 is 1.95 bits per heavy atom. The molecule has 7 heteroatoms. The molecular weight excluding hydrogens is 302 g/mol. The maximum Gasteiger partial charge on any atom is 0.261 e. The van der Waals surface area contributed by atoms with E-state index in [-0.39, 0.29) is 17.7 Å². The van der Waals surface area contributed by atoms with Crippen molar-refractivity contribution in [3.8, 4) is 0 Å². The quantitative estimate of drug-likeness (QED) is 0.605. The van der Waals surface area contributed by atoms with Gasteiger partial charge < -0.3 is 10.1 Å². The van der Waals surface area contributed by atoms with E-state index in [0.717, 1.165) is 0 Å². The van der Waals surface area contributed by atoms with Gasteiger partial charge in [0.2, 0.25) is 0 Å². The zero-order valence-electron chi connectivity index (χ0n) is 10.2. The predicted octanol–water partition coefficient (Wildman–Crippen LogP) is 4.06. The third-order valence-electron chi connectivity index (χ3n) is 2.45. The van der Waals surface area contributed by atoms with Crippen molar-refractivity contribution in [2.45, 2.75) is 19.4 Å². The first-order valence-corrected chi connectivity index (χ1v) is 6.41. The lowest BCUT2D eigenvalue weighted by Gasteiger charge is -2.16. The van der Waals surface area contributed by atoms with E-state index in [1.807, 2.05) is 0 Å². The van der Waals surface area contributed by atoms with E-state index in [9.17, 15) is 13.2 Å². The number of ether oxygens (including phenoxy) is 1. The normalized spacial score (nSPS) is 13.0. The maximum atomic E-state index is 13.3. The molecule has 0 spiro atoms. The van der Waals surface area contributed by atoms with Gasteiger partial charge in [0, 0.05) is 17.6 Å². The molecule has 0 aliphatic carbocycles. The number of benzene rings is 1. The van der Waals surface area contributed by atoms with Gasteiger partial charge in [0.05, 0.1) is 11.6 Å². The highest BCUT2D eigenvalue weighted by molar-refractivity contribution is 6.35. The van der Waals surface area contributed by atoms with Crippen molar-refractivity contribution in [1.82, 2.24) is 5.32 Å². The van der Waals surface area contributed by atoms with Crippen molar-refractivity contribution in [3.05, 3.63) is 33.6 Å². The first-order valence-electron chi connectivity index (χ1n) is 5.65. The summed E-state index contributed by atoms with van der Waals surface area (Å²) in [6.07, 6.45) is -2.47. The molecule has 19 heavy (non-hydrogen) atoms. The Hall–Kier alpha value is -0.490. The molecule has 0 saturated carbocycles. The van der Waals surface area contributed by atoms with Crippen LogP contribution < -0.4 is 5.32 Å². The summed E-state index contributed by atoms with van der Waals surface area (Å²) in [5, 5.41) is 3.30. The van der Waals surface area contributed by atoms with Crippen LogP contribution in [-0.2, 0) is 4.74 Å². The van der Waals surface area contributed by atoms with Crippen LogP contribution in [0.3, 0.4) is 0 Å². The van der Waals surface area contributed by atoms with Crippen LogP contribution in [0.4, 0.5) is 13.2 Å². The molecule has 0 fully saturated rings. The van der Waals surface area contributed by atoms with Gasteiger partial charge in [-0.25, -0.2) is 13.2 Å². The number of alkyl halides is 2. The van der Waals surface area contributed by atoms with Crippen molar-refractivity contribution >= 4 is 23.2 Å². The topological polar surface area (TPSA) is 21.3 Å². The van der Waals surface area contributed by atoms with E-state index in [1.54, 1.807) is 6.92 Å². The molecule has 108 valence electrons. The molecule has 0 aliphatic rings. The molecule has 0 aliphatic heterocycles. The van der Waals surface area contributed by atoms with Crippen LogP contribution in [0.5, 0.6) is 0 Å². The van der Waals surface area contributed by atoms with Gasteiger partial charge in [-0.2, -0.15) is 0 Å². The minimum Gasteiger partial charge on any atom is -0.374 e. The molecule has 1 rings (SSSR count). The minimum absolute atomic E-state index is 0.0405. The third kappa shape index (κ3) is 5.57. The van der Waals surface area contributed by atoms with Gasteiger partial charge in [0.1, 0.15) is 12.4 Å². The molecule has 1 aromatic carbocycles. The third-order valence-corrected chi connectivity index (χ3v) is 3.06. The average molecular weight is 316 g/mol. The van der Waals surface area contributed by atoms with E-state index in [0.29, 0.717) is 17.1 Å². The fourth-order valence-electron chi connectivity index (χ4n) is 1.50. The van der Waals surface area contributed by atoms with Crippen LogP contribution in [0, 0.1) is 5.82 Å². The molecule has 1 aromatic rings. The van der Waals surface area contributed by atoms with Gasteiger partial charge in [-0.05, 0) is 24.6 Å². The maximum absolute atomic E-state index is 13.3. The summed E-state index contributed by atoms with van der Waals surface area (Å²) in [6, 6.07) is 2.34. The van der Waals surface area contributed by atoms with E-state index in [4.69, 9.17) is 27.9 Å². The molecule has 0 aromatic heterocycles. The van der Waals surface area contributed by atoms with E-state index >= 15 is 0 Å². The Labute approximate surface area is 119 Å². The Morgan fingerprint density at radius 3 is 2.58 bits per heavy atom. The molecule has 1 unspecified atom stereocenters. The highest BCUT2D eigenvalue weighted by atomic mass is 35.5. The Kier molecular flexibility index (Phi) is 6.93. The molecule has 1 atom stereocenters. The van der Waals surface area contributed by atoms with Crippen LogP contribution in [0.2, 0.25) is 10.0 Å². The van der Waals surface area contributed by atoms with Crippen molar-refractivity contribution in [1.29, 1.82) is 0 Å². The van der Waals surface area contributed by atoms with Gasteiger partial charge in [0.15, 0.2) is 0 Å². The summed E-state index contributed by atoms with van der Waals surface area (Å²) in [7, 11) is 0. The van der Waals surface area contributed by atoms with Gasteiger partial charge in [0.25, 0.3) is 6.43 Å². The molecule has 0 amide bonds. The Balaban J connectivity index is 2.45. The van der Waals surface area contributed by atoms with E-state index < -0.39 is 18.8 Å². The predicted molar refractivity (Wildman–Crippen MR) is 69.7 cm³/mol. The smallest absolute Gasteiger partial charge is 0.261 e. The molecule has 2 nitrogen and oxygen atoms in total. The summed E-state index contributed by atoms with van der Waals surface area (Å²) in [4.78, 5) is 0. The fraction of sp³-hybridized carbons (Fsp3) is 0.500. The number of halogens is 5. The molecule has 0 heterocycles. The van der Waals surface area contributed by atoms with Crippen LogP contribution in [0.15, 0.2) is 12.1 Å². The second-order valence-corrected chi connectivity index (χ2v) is 4.74. The zero-order valence-corrected chi connectivity index (χ0v) is 11.7. The summed E-state index contributed by atoms with van der Waals surface area (Å²) < 4.78 is 41.6. The average Bonchev–Trinajstić information content (AvgIpc) is 2.32. The first kappa shape index (κ1) is 16.6. The zero-order chi connectivity index (χ0) is 14.4. The number of hydrogen-bond acceptors (Lipinski definition) is 2. The first-order chi connectivity index (χ1) is 8.91. The van der Waals surface area contributed by atoms with Crippen LogP contribution >= 0.6 is 23.2 Å². The van der Waals surface area contributed by atoms with E-state index in [2.05, 4.69) is 5.32 Å². The van der Waals surface area contributed by atoms with Gasteiger partial charge in [-0.15, -0.1) is 0 Å². The van der Waals surface area contributed by atoms with Crippen LogP contribution in [0.25, 0.3) is 0 Å². The number of hydrogen-bond donors (Lipinski definition) is 1. The highest BCUT2D eigenvalue weighted by Crippen LogP contribution is 2.28. The van der Waals surface area contributed by atoms with Gasteiger partial charge in [-0.3, -0.25) is 0 Å². The van der Waals surface area contributed by atoms with Crippen LogP contribution in [-0.4, -0.2) is 26.2 Å². The Bertz CT molecular complexity index is 418. The van der Waals surface area contributed by atoms with Crippen molar-refractivity contribution in [3.63, 3.8) is 0 Å². The largest absolute Gasteiger partial charge is 0.374 e. The second kappa shape index (κ2) is 7.94. The standard InChI is InChI=1S/C12H14Cl2F3NO/c1-7(18-2-3-19-6-12(16)17)8-4-11(15)10(14)5-9(8)13/h4-5,7,12,18H,2-3,6H2,1H3. The summed E-state index contributed by atoms with van der Waals surface area (Å²) >= 11 is 11.6. The highest BCUT2D eigenvalue weighted by Gasteiger charge is 2.13. The lowest BCUT2D eigenvalue weighted by molar-refractivity contribution is 0.0183. The Morgan fingerprint density at radius 1 is 1.26 bits per heavy atom. The molecule has 1 N–H and O–H groups in total. The summed E-state index contributed by atoms with van der Waals surface area (Å²) in [6.45, 7) is 1.69. The lowest BCUT2D eigenvalue weighted by Crippen LogP contribution is -2.24. The van der Waals surface area contributed by atoms with Crippen molar-refractivity contribution < 1.29 is 17.9 Å². The lowest BCUT2D eigenvalue weighted by atomic mass is 10.1. The molecule has 0 bridgehead atoms. The van der Waals surface area contributed by atoms with Gasteiger partial charge >= 0.3 is 0 Å². The monoisotopic (exact) mass is 315 g/mol. The van der Waals surface area contributed by atoms with Crippen molar-refractivity contribution in [2.75, 3.05) is 19.8 Å². The minimum atomic E-state index is -2.47. The van der Waals surface area contributed by atoms with Crippen LogP contribution in [0.1, 0.15) is 18.5 Å². The second-order valence-electron chi connectivity index (χ2n) is 3.93. The molecule has 0 radical (unpaired) electrons. The summed E-state index contributed by atoms with van der Waals surface area (Å²) in [5.41, 5.74) is 0.553. The van der Waals surface area contributed by atoms with E-state index in [1.165, 1.54) is 12.1 Å². The molecular formula is C12H14Cl2F3NO. The van der Waals surface area contributed by atoms with Gasteiger partial charge in [-0.1, -0.05) is 23.2 Å². The number of nitrogens with one attached hydrogen (secondary N) is 1. The van der Waals surface area contributed by atoms with Crippen molar-refractivity contribution in [2.24, 2.45) is 0 Å². The number of rotatable bonds is 7. The SMILES string of the molecule is CC(NCCOCC(F)F)c1cc(F)c(Cl)cc1Cl. The fourth-order valence-corrected chi connectivity index (χ4v) is 2.05.